The van der Waals surface area contributed by atoms with E-state index in [1.807, 2.05) is 0 Å². The van der Waals surface area contributed by atoms with Crippen molar-refractivity contribution < 1.29 is 4.79 Å². The molecule has 2 amide bonds. The van der Waals surface area contributed by atoms with Crippen LogP contribution in [0.25, 0.3) is 0 Å². The van der Waals surface area contributed by atoms with E-state index in [2.05, 4.69) is 18.7 Å². The first kappa shape index (κ1) is 12.2. The van der Waals surface area contributed by atoms with Gasteiger partial charge in [0.15, 0.2) is 0 Å². The van der Waals surface area contributed by atoms with Crippen LogP contribution in [0, 0.1) is 0 Å². The van der Waals surface area contributed by atoms with Crippen molar-refractivity contribution in [1.29, 1.82) is 0 Å². The molecule has 0 saturated heterocycles. The third-order valence-electron chi connectivity index (χ3n) is 2.24. The highest BCUT2D eigenvalue weighted by atomic mass is 16.2. The zero-order chi connectivity index (χ0) is 10.3. The largest absolute Gasteiger partial charge is 0.351 e. The maximum atomic E-state index is 10.6. The summed E-state index contributed by atoms with van der Waals surface area (Å²) in [5.41, 5.74) is 5.09. The summed E-state index contributed by atoms with van der Waals surface area (Å²) in [6.45, 7) is 8.19. The van der Waals surface area contributed by atoms with Crippen LogP contribution in [0.4, 0.5) is 4.79 Å². The van der Waals surface area contributed by atoms with Gasteiger partial charge >= 0.3 is 6.03 Å². The first-order chi connectivity index (χ1) is 6.11. The molecule has 0 rings (SSSR count). The lowest BCUT2D eigenvalue weighted by Gasteiger charge is -2.20. The molecule has 0 aliphatic carbocycles. The summed E-state index contributed by atoms with van der Waals surface area (Å²) < 4.78 is 0. The lowest BCUT2D eigenvalue weighted by atomic mass is 10.3. The van der Waals surface area contributed by atoms with Gasteiger partial charge in [-0.05, 0) is 26.1 Å². The molecule has 0 aliphatic heterocycles. The number of urea groups is 1. The zero-order valence-corrected chi connectivity index (χ0v) is 8.92. The molecule has 0 aromatic heterocycles. The number of hydrogen-bond donors (Lipinski definition) is 1. The second-order valence-corrected chi connectivity index (χ2v) is 3.14. The van der Waals surface area contributed by atoms with Gasteiger partial charge in [-0.15, -0.1) is 0 Å². The van der Waals surface area contributed by atoms with Crippen LogP contribution in [0.1, 0.15) is 20.3 Å². The fourth-order valence-electron chi connectivity index (χ4n) is 1.18. The van der Waals surface area contributed by atoms with E-state index in [1.54, 1.807) is 11.9 Å². The van der Waals surface area contributed by atoms with Gasteiger partial charge in [-0.25, -0.2) is 4.79 Å². The van der Waals surface area contributed by atoms with E-state index in [1.165, 1.54) is 0 Å². The molecule has 0 unspecified atom stereocenters. The fraction of sp³-hybridized carbons (Fsp3) is 0.889. The second kappa shape index (κ2) is 6.71. The summed E-state index contributed by atoms with van der Waals surface area (Å²) in [4.78, 5) is 14.5. The SMILES string of the molecule is CCN(CC)CCCN(C)C(N)=O. The number of rotatable bonds is 6. The van der Waals surface area contributed by atoms with Crippen molar-refractivity contribution in [3.8, 4) is 0 Å². The predicted molar refractivity (Wildman–Crippen MR) is 54.6 cm³/mol. The molecule has 2 N–H and O–H groups in total. The molecule has 0 atom stereocenters. The summed E-state index contributed by atoms with van der Waals surface area (Å²) in [7, 11) is 1.73. The Morgan fingerprint density at radius 2 is 1.77 bits per heavy atom. The van der Waals surface area contributed by atoms with Crippen LogP contribution in [-0.4, -0.2) is 49.1 Å². The van der Waals surface area contributed by atoms with Crippen LogP contribution >= 0.6 is 0 Å². The van der Waals surface area contributed by atoms with Crippen LogP contribution in [-0.2, 0) is 0 Å². The van der Waals surface area contributed by atoms with Crippen LogP contribution in [0.15, 0.2) is 0 Å². The molecule has 0 saturated carbocycles. The normalized spacial score (nSPS) is 10.5. The molecule has 4 heteroatoms. The molecular weight excluding hydrogens is 166 g/mol. The number of primary amides is 1. The minimum atomic E-state index is -0.348. The Morgan fingerprint density at radius 3 is 2.15 bits per heavy atom. The summed E-state index contributed by atoms with van der Waals surface area (Å²) in [6.07, 6.45) is 0.987. The van der Waals surface area contributed by atoms with Crippen LogP contribution in [0.2, 0.25) is 0 Å². The topological polar surface area (TPSA) is 49.6 Å². The molecule has 0 fully saturated rings. The number of carbonyl (C=O) groups is 1. The van der Waals surface area contributed by atoms with Gasteiger partial charge in [-0.2, -0.15) is 0 Å². The fourth-order valence-corrected chi connectivity index (χ4v) is 1.18. The highest BCUT2D eigenvalue weighted by molar-refractivity contribution is 5.71. The third kappa shape index (κ3) is 5.47. The van der Waals surface area contributed by atoms with E-state index in [0.29, 0.717) is 0 Å². The van der Waals surface area contributed by atoms with Crippen LogP contribution in [0.3, 0.4) is 0 Å². The van der Waals surface area contributed by atoms with E-state index in [-0.39, 0.29) is 6.03 Å². The van der Waals surface area contributed by atoms with E-state index in [0.717, 1.165) is 32.6 Å². The average Bonchev–Trinajstić information content (AvgIpc) is 2.12. The van der Waals surface area contributed by atoms with Gasteiger partial charge in [-0.1, -0.05) is 13.8 Å². The van der Waals surface area contributed by atoms with Crippen molar-refractivity contribution in [2.75, 3.05) is 33.2 Å². The van der Waals surface area contributed by atoms with E-state index >= 15 is 0 Å². The lowest BCUT2D eigenvalue weighted by molar-refractivity contribution is 0.213. The molecule has 0 aromatic carbocycles. The lowest BCUT2D eigenvalue weighted by Crippen LogP contribution is -2.34. The maximum Gasteiger partial charge on any atom is 0.314 e. The Hall–Kier alpha value is -0.770. The number of nitrogens with two attached hydrogens (primary N) is 1. The smallest absolute Gasteiger partial charge is 0.314 e. The molecule has 78 valence electrons. The molecule has 0 heterocycles. The van der Waals surface area contributed by atoms with Gasteiger partial charge in [0.1, 0.15) is 0 Å². The monoisotopic (exact) mass is 187 g/mol. The highest BCUT2D eigenvalue weighted by Crippen LogP contribution is 1.92. The Bertz CT molecular complexity index is 146. The van der Waals surface area contributed by atoms with Crippen molar-refractivity contribution in [3.05, 3.63) is 0 Å². The van der Waals surface area contributed by atoms with Crippen molar-refractivity contribution in [2.45, 2.75) is 20.3 Å². The summed E-state index contributed by atoms with van der Waals surface area (Å²) in [6, 6.07) is -0.348. The summed E-state index contributed by atoms with van der Waals surface area (Å²) in [5.74, 6) is 0. The molecule has 0 aliphatic rings. The first-order valence-electron chi connectivity index (χ1n) is 4.84. The van der Waals surface area contributed by atoms with Gasteiger partial charge in [0.25, 0.3) is 0 Å². The minimum Gasteiger partial charge on any atom is -0.351 e. The van der Waals surface area contributed by atoms with Crippen LogP contribution < -0.4 is 5.73 Å². The highest BCUT2D eigenvalue weighted by Gasteiger charge is 2.03. The van der Waals surface area contributed by atoms with E-state index in [9.17, 15) is 4.79 Å². The Kier molecular flexibility index (Phi) is 6.32. The van der Waals surface area contributed by atoms with Crippen molar-refractivity contribution in [1.82, 2.24) is 9.80 Å². The van der Waals surface area contributed by atoms with Crippen LogP contribution in [0.5, 0.6) is 0 Å². The Balaban J connectivity index is 3.48. The molecule has 0 aromatic rings. The molecule has 4 nitrogen and oxygen atoms in total. The van der Waals surface area contributed by atoms with Gasteiger partial charge in [0, 0.05) is 13.6 Å². The molecule has 0 spiro atoms. The van der Waals surface area contributed by atoms with Gasteiger partial charge < -0.3 is 15.5 Å². The molecule has 13 heavy (non-hydrogen) atoms. The molecular formula is C9H21N3O. The average molecular weight is 187 g/mol. The maximum absolute atomic E-state index is 10.6. The van der Waals surface area contributed by atoms with Crippen molar-refractivity contribution in [2.24, 2.45) is 5.73 Å². The summed E-state index contributed by atoms with van der Waals surface area (Å²) in [5, 5.41) is 0. The number of carbonyl (C=O) groups excluding carboxylic acids is 1. The quantitative estimate of drug-likeness (QED) is 0.666. The van der Waals surface area contributed by atoms with Gasteiger partial charge in [-0.3, -0.25) is 0 Å². The second-order valence-electron chi connectivity index (χ2n) is 3.14. The Labute approximate surface area is 80.7 Å². The van der Waals surface area contributed by atoms with E-state index in [4.69, 9.17) is 5.73 Å². The standard InChI is InChI=1S/C9H21N3O/c1-4-12(5-2)8-6-7-11(3)9(10)13/h4-8H2,1-3H3,(H2,10,13). The zero-order valence-electron chi connectivity index (χ0n) is 8.92. The number of nitrogens with zero attached hydrogens (tertiary/aromatic N) is 2. The minimum absolute atomic E-state index is 0.348. The van der Waals surface area contributed by atoms with Gasteiger partial charge in [0.05, 0.1) is 0 Å². The van der Waals surface area contributed by atoms with Crippen molar-refractivity contribution >= 4 is 6.03 Å². The predicted octanol–water partition coefficient (Wildman–Crippen LogP) is 0.729. The molecule has 0 radical (unpaired) electrons. The molecule has 0 bridgehead atoms. The first-order valence-corrected chi connectivity index (χ1v) is 4.84. The third-order valence-corrected chi connectivity index (χ3v) is 2.24. The van der Waals surface area contributed by atoms with Gasteiger partial charge in [0.2, 0.25) is 0 Å². The van der Waals surface area contributed by atoms with Crippen molar-refractivity contribution in [3.63, 3.8) is 0 Å². The van der Waals surface area contributed by atoms with E-state index < -0.39 is 0 Å². The Morgan fingerprint density at radius 1 is 1.23 bits per heavy atom. The number of amides is 2. The summed E-state index contributed by atoms with van der Waals surface area (Å²) >= 11 is 0. The number of hydrogen-bond acceptors (Lipinski definition) is 2.